The van der Waals surface area contributed by atoms with E-state index >= 15 is 0 Å². The smallest absolute Gasteiger partial charge is 0.128 e. The number of hydrogen-bond acceptors (Lipinski definition) is 5. The first-order valence-corrected chi connectivity index (χ1v) is 6.55. The summed E-state index contributed by atoms with van der Waals surface area (Å²) < 4.78 is 5.77. The summed E-state index contributed by atoms with van der Waals surface area (Å²) in [7, 11) is 1.93. The molecule has 4 nitrogen and oxygen atoms in total. The topological polar surface area (TPSA) is 60.2 Å². The quantitative estimate of drug-likeness (QED) is 0.826. The molecular weight excluding hydrogens is 222 g/mol. The molecule has 2 rings (SSSR count). The largest absolute Gasteiger partial charge is 0.383 e. The highest BCUT2D eigenvalue weighted by Crippen LogP contribution is 2.27. The van der Waals surface area contributed by atoms with Crippen molar-refractivity contribution in [1.82, 2.24) is 10.3 Å². The van der Waals surface area contributed by atoms with E-state index in [1.165, 1.54) is 0 Å². The summed E-state index contributed by atoms with van der Waals surface area (Å²) in [6.07, 6.45) is 1.89. The van der Waals surface area contributed by atoms with Crippen LogP contribution in [0.3, 0.4) is 0 Å². The van der Waals surface area contributed by atoms with Gasteiger partial charge in [0.1, 0.15) is 5.82 Å². The van der Waals surface area contributed by atoms with Crippen LogP contribution in [0.4, 0.5) is 5.82 Å². The highest BCUT2D eigenvalue weighted by atomic mass is 32.2. The third kappa shape index (κ3) is 2.48. The zero-order valence-electron chi connectivity index (χ0n) is 9.35. The Morgan fingerprint density at radius 3 is 3.19 bits per heavy atom. The standard InChI is InChI=1S/C11H17N3OS/c1-13-10(9-7-16-6-5-15-9)8-3-2-4-14-11(8)12/h2-4,9-10,13H,5-7H2,1H3,(H2,12,14). The lowest BCUT2D eigenvalue weighted by atomic mass is 10.0. The van der Waals surface area contributed by atoms with E-state index in [4.69, 9.17) is 10.5 Å². The van der Waals surface area contributed by atoms with Crippen LogP contribution in [-0.2, 0) is 4.74 Å². The van der Waals surface area contributed by atoms with Gasteiger partial charge in [0.2, 0.25) is 0 Å². The second kappa shape index (κ2) is 5.52. The Kier molecular flexibility index (Phi) is 4.04. The lowest BCUT2D eigenvalue weighted by molar-refractivity contribution is 0.0489. The minimum atomic E-state index is 0.126. The van der Waals surface area contributed by atoms with Crippen LogP contribution in [-0.4, -0.2) is 36.2 Å². The van der Waals surface area contributed by atoms with Crippen molar-refractivity contribution in [3.8, 4) is 0 Å². The van der Waals surface area contributed by atoms with Gasteiger partial charge in [0.15, 0.2) is 0 Å². The third-order valence-electron chi connectivity index (χ3n) is 2.73. The first-order chi connectivity index (χ1) is 7.83. The molecule has 1 saturated heterocycles. The van der Waals surface area contributed by atoms with Gasteiger partial charge in [-0.25, -0.2) is 4.98 Å². The predicted molar refractivity (Wildman–Crippen MR) is 67.5 cm³/mol. The number of nitrogens with one attached hydrogen (secondary N) is 1. The molecule has 0 radical (unpaired) electrons. The first-order valence-electron chi connectivity index (χ1n) is 5.40. The van der Waals surface area contributed by atoms with Crippen LogP contribution >= 0.6 is 11.8 Å². The maximum Gasteiger partial charge on any atom is 0.128 e. The zero-order chi connectivity index (χ0) is 11.4. The number of nitrogen functional groups attached to an aromatic ring is 1. The van der Waals surface area contributed by atoms with Crippen LogP contribution < -0.4 is 11.1 Å². The molecule has 1 aliphatic rings. The molecule has 16 heavy (non-hydrogen) atoms. The summed E-state index contributed by atoms with van der Waals surface area (Å²) in [5.41, 5.74) is 6.92. The van der Waals surface area contributed by atoms with E-state index in [2.05, 4.69) is 10.3 Å². The molecular formula is C11H17N3OS. The van der Waals surface area contributed by atoms with Gasteiger partial charge in [0, 0.05) is 23.3 Å². The average Bonchev–Trinajstić information content (AvgIpc) is 2.34. The normalized spacial score (nSPS) is 22.9. The Labute approximate surface area is 100.0 Å². The summed E-state index contributed by atoms with van der Waals surface area (Å²) >= 11 is 1.92. The fourth-order valence-electron chi connectivity index (χ4n) is 1.93. The molecule has 3 N–H and O–H groups in total. The Morgan fingerprint density at radius 1 is 1.69 bits per heavy atom. The minimum absolute atomic E-state index is 0.126. The number of hydrogen-bond donors (Lipinski definition) is 2. The van der Waals surface area contributed by atoms with Crippen LogP contribution in [0.2, 0.25) is 0 Å². The first kappa shape index (κ1) is 11.7. The minimum Gasteiger partial charge on any atom is -0.383 e. The molecule has 1 fully saturated rings. The maximum absolute atomic E-state index is 5.89. The second-order valence-corrected chi connectivity index (χ2v) is 4.88. The summed E-state index contributed by atoms with van der Waals surface area (Å²) in [5.74, 6) is 2.66. The molecule has 0 amide bonds. The molecule has 0 aliphatic carbocycles. The van der Waals surface area contributed by atoms with Gasteiger partial charge in [-0.1, -0.05) is 6.07 Å². The van der Waals surface area contributed by atoms with E-state index in [1.807, 2.05) is 30.9 Å². The van der Waals surface area contributed by atoms with E-state index in [9.17, 15) is 0 Å². The third-order valence-corrected chi connectivity index (χ3v) is 3.75. The Morgan fingerprint density at radius 2 is 2.56 bits per heavy atom. The summed E-state index contributed by atoms with van der Waals surface area (Å²) in [5, 5.41) is 3.27. The van der Waals surface area contributed by atoms with E-state index in [1.54, 1.807) is 6.20 Å². The van der Waals surface area contributed by atoms with Gasteiger partial charge in [-0.3, -0.25) is 0 Å². The number of nitrogens with zero attached hydrogens (tertiary/aromatic N) is 1. The number of anilines is 1. The maximum atomic E-state index is 5.89. The van der Waals surface area contributed by atoms with E-state index < -0.39 is 0 Å². The molecule has 2 atom stereocenters. The molecule has 0 aromatic carbocycles. The molecule has 0 saturated carbocycles. The van der Waals surface area contributed by atoms with Crippen LogP contribution in [0.25, 0.3) is 0 Å². The fraction of sp³-hybridized carbons (Fsp3) is 0.545. The Hall–Kier alpha value is -0.780. The number of pyridine rings is 1. The van der Waals surface area contributed by atoms with Crippen molar-refractivity contribution in [2.24, 2.45) is 0 Å². The molecule has 1 aromatic rings. The highest BCUT2D eigenvalue weighted by Gasteiger charge is 2.26. The zero-order valence-corrected chi connectivity index (χ0v) is 10.2. The Balaban J connectivity index is 2.18. The molecule has 0 bridgehead atoms. The number of rotatable bonds is 3. The van der Waals surface area contributed by atoms with E-state index in [0.29, 0.717) is 5.82 Å². The SMILES string of the molecule is CNC(c1cccnc1N)C1CSCCO1. The lowest BCUT2D eigenvalue weighted by Gasteiger charge is -2.30. The van der Waals surface area contributed by atoms with Crippen molar-refractivity contribution in [1.29, 1.82) is 0 Å². The van der Waals surface area contributed by atoms with Crippen LogP contribution in [0.5, 0.6) is 0 Å². The number of aromatic nitrogens is 1. The fourth-order valence-corrected chi connectivity index (χ4v) is 2.83. The molecule has 0 spiro atoms. The van der Waals surface area contributed by atoms with Gasteiger partial charge in [0.05, 0.1) is 18.8 Å². The van der Waals surface area contributed by atoms with Crippen molar-refractivity contribution in [3.63, 3.8) is 0 Å². The molecule has 2 unspecified atom stereocenters. The number of ether oxygens (including phenoxy) is 1. The van der Waals surface area contributed by atoms with Crippen molar-refractivity contribution in [3.05, 3.63) is 23.9 Å². The Bertz CT molecular complexity index is 342. The predicted octanol–water partition coefficient (Wildman–Crippen LogP) is 1.06. The van der Waals surface area contributed by atoms with Gasteiger partial charge < -0.3 is 15.8 Å². The molecule has 1 aromatic heterocycles. The van der Waals surface area contributed by atoms with Crippen molar-refractivity contribution < 1.29 is 4.74 Å². The summed E-state index contributed by atoms with van der Waals surface area (Å²) in [6, 6.07) is 4.04. The number of nitrogens with two attached hydrogens (primary N) is 1. The van der Waals surface area contributed by atoms with Crippen molar-refractivity contribution in [2.45, 2.75) is 12.1 Å². The number of likely N-dealkylation sites (N-methyl/N-ethyl adjacent to an activating group) is 1. The van der Waals surface area contributed by atoms with Gasteiger partial charge in [-0.2, -0.15) is 11.8 Å². The van der Waals surface area contributed by atoms with Gasteiger partial charge in [-0.05, 0) is 13.1 Å². The molecule has 1 aliphatic heterocycles. The van der Waals surface area contributed by atoms with Gasteiger partial charge >= 0.3 is 0 Å². The van der Waals surface area contributed by atoms with Gasteiger partial charge in [-0.15, -0.1) is 0 Å². The molecule has 2 heterocycles. The van der Waals surface area contributed by atoms with Crippen LogP contribution in [0.1, 0.15) is 11.6 Å². The monoisotopic (exact) mass is 239 g/mol. The van der Waals surface area contributed by atoms with E-state index in [0.717, 1.165) is 23.7 Å². The second-order valence-electron chi connectivity index (χ2n) is 3.73. The lowest BCUT2D eigenvalue weighted by Crippen LogP contribution is -2.37. The number of thioether (sulfide) groups is 1. The molecule has 88 valence electrons. The van der Waals surface area contributed by atoms with Crippen LogP contribution in [0, 0.1) is 0 Å². The van der Waals surface area contributed by atoms with Crippen molar-refractivity contribution >= 4 is 17.6 Å². The average molecular weight is 239 g/mol. The van der Waals surface area contributed by atoms with E-state index in [-0.39, 0.29) is 12.1 Å². The molecule has 5 heteroatoms. The summed E-state index contributed by atoms with van der Waals surface area (Å²) in [6.45, 7) is 0.813. The van der Waals surface area contributed by atoms with Crippen molar-refractivity contribution in [2.75, 3.05) is 30.9 Å². The highest BCUT2D eigenvalue weighted by molar-refractivity contribution is 7.99. The summed E-state index contributed by atoms with van der Waals surface area (Å²) in [4.78, 5) is 4.12. The van der Waals surface area contributed by atoms with Gasteiger partial charge in [0.25, 0.3) is 0 Å². The van der Waals surface area contributed by atoms with Crippen LogP contribution in [0.15, 0.2) is 18.3 Å².